The number of hydrogen-bond donors (Lipinski definition) is 2. The summed E-state index contributed by atoms with van der Waals surface area (Å²) in [5.74, 6) is -0.182. The second-order valence-electron chi connectivity index (χ2n) is 6.52. The van der Waals surface area contributed by atoms with Crippen molar-refractivity contribution in [3.63, 3.8) is 0 Å². The minimum atomic E-state index is -0.242. The smallest absolute Gasteiger partial charge is 0.324 e. The second kappa shape index (κ2) is 7.61. The van der Waals surface area contributed by atoms with Gasteiger partial charge in [0.2, 0.25) is 0 Å². The standard InChI is InChI=1S/C16H28N4O3/c1-19-8-5-14(15(19)10-12-11-17-6-9-23-12)20-7-3-4-13(18-20)16(21)22-2/h5,12-13,15,17-18H,3-4,6-11H2,1-2H3/t12-,13-,15?/m0/s1. The van der Waals surface area contributed by atoms with E-state index in [1.807, 2.05) is 0 Å². The molecule has 0 amide bonds. The molecule has 130 valence electrons. The van der Waals surface area contributed by atoms with E-state index >= 15 is 0 Å². The monoisotopic (exact) mass is 324 g/mol. The highest BCUT2D eigenvalue weighted by Crippen LogP contribution is 2.26. The number of nitrogens with zero attached hydrogens (tertiary/aromatic N) is 2. The Hall–Kier alpha value is -1.15. The van der Waals surface area contributed by atoms with Crippen LogP contribution in [0.15, 0.2) is 11.8 Å². The molecule has 0 aromatic rings. The van der Waals surface area contributed by atoms with Gasteiger partial charge in [0.15, 0.2) is 0 Å². The molecule has 7 heteroatoms. The van der Waals surface area contributed by atoms with Crippen molar-refractivity contribution in [2.75, 3.05) is 46.9 Å². The van der Waals surface area contributed by atoms with Gasteiger partial charge in [0, 0.05) is 31.9 Å². The Balaban J connectivity index is 1.63. The maximum atomic E-state index is 11.8. The lowest BCUT2D eigenvalue weighted by atomic mass is 10.0. The molecular formula is C16H28N4O3. The van der Waals surface area contributed by atoms with E-state index in [-0.39, 0.29) is 18.1 Å². The van der Waals surface area contributed by atoms with Crippen LogP contribution in [0.5, 0.6) is 0 Å². The summed E-state index contributed by atoms with van der Waals surface area (Å²) < 4.78 is 10.8. The van der Waals surface area contributed by atoms with E-state index in [4.69, 9.17) is 9.47 Å². The average Bonchev–Trinajstić information content (AvgIpc) is 2.96. The van der Waals surface area contributed by atoms with Gasteiger partial charge in [-0.2, -0.15) is 0 Å². The summed E-state index contributed by atoms with van der Waals surface area (Å²) in [4.78, 5) is 14.2. The minimum absolute atomic E-state index is 0.182. The Morgan fingerprint density at radius 1 is 1.52 bits per heavy atom. The Morgan fingerprint density at radius 3 is 3.13 bits per heavy atom. The molecule has 3 heterocycles. The fourth-order valence-corrected chi connectivity index (χ4v) is 3.62. The van der Waals surface area contributed by atoms with Gasteiger partial charge in [-0.15, -0.1) is 0 Å². The van der Waals surface area contributed by atoms with Gasteiger partial charge in [-0.25, -0.2) is 5.43 Å². The third kappa shape index (κ3) is 3.85. The average molecular weight is 324 g/mol. The number of methoxy groups -OCH3 is 1. The quantitative estimate of drug-likeness (QED) is 0.689. The van der Waals surface area contributed by atoms with Crippen molar-refractivity contribution in [2.24, 2.45) is 0 Å². The van der Waals surface area contributed by atoms with Crippen LogP contribution in [0.2, 0.25) is 0 Å². The Labute approximate surface area is 137 Å². The molecule has 0 radical (unpaired) electrons. The van der Waals surface area contributed by atoms with Gasteiger partial charge in [-0.3, -0.25) is 9.69 Å². The molecule has 0 aromatic carbocycles. The van der Waals surface area contributed by atoms with Crippen LogP contribution in [0.1, 0.15) is 19.3 Å². The first-order chi connectivity index (χ1) is 11.2. The zero-order chi connectivity index (χ0) is 16.2. The molecule has 1 unspecified atom stereocenters. The third-order valence-corrected chi connectivity index (χ3v) is 4.94. The zero-order valence-corrected chi connectivity index (χ0v) is 14.1. The number of carbonyl (C=O) groups is 1. The highest BCUT2D eigenvalue weighted by Gasteiger charge is 2.35. The van der Waals surface area contributed by atoms with Gasteiger partial charge in [0.25, 0.3) is 0 Å². The molecule has 2 fully saturated rings. The molecule has 23 heavy (non-hydrogen) atoms. The molecule has 0 aromatic heterocycles. The van der Waals surface area contributed by atoms with E-state index in [1.54, 1.807) is 0 Å². The molecule has 2 N–H and O–H groups in total. The molecule has 0 spiro atoms. The summed E-state index contributed by atoms with van der Waals surface area (Å²) in [7, 11) is 3.59. The van der Waals surface area contributed by atoms with Crippen molar-refractivity contribution in [3.05, 3.63) is 11.8 Å². The Bertz CT molecular complexity index is 451. The molecule has 3 rings (SSSR count). The molecule has 0 saturated carbocycles. The van der Waals surface area contributed by atoms with Gasteiger partial charge < -0.3 is 19.8 Å². The van der Waals surface area contributed by atoms with Gasteiger partial charge in [0.1, 0.15) is 6.04 Å². The fourth-order valence-electron chi connectivity index (χ4n) is 3.62. The largest absolute Gasteiger partial charge is 0.468 e. The van der Waals surface area contributed by atoms with Crippen LogP contribution in [0.4, 0.5) is 0 Å². The van der Waals surface area contributed by atoms with E-state index in [0.29, 0.717) is 6.04 Å². The first kappa shape index (κ1) is 16.7. The fraction of sp³-hybridized carbons (Fsp3) is 0.812. The summed E-state index contributed by atoms with van der Waals surface area (Å²) in [6.07, 6.45) is 5.29. The number of esters is 1. The van der Waals surface area contributed by atoms with Gasteiger partial charge >= 0.3 is 5.97 Å². The minimum Gasteiger partial charge on any atom is -0.468 e. The molecule has 0 bridgehead atoms. The van der Waals surface area contributed by atoms with E-state index < -0.39 is 0 Å². The van der Waals surface area contributed by atoms with E-state index in [2.05, 4.69) is 33.8 Å². The van der Waals surface area contributed by atoms with Crippen LogP contribution in [0, 0.1) is 0 Å². The van der Waals surface area contributed by atoms with E-state index in [9.17, 15) is 4.79 Å². The zero-order valence-electron chi connectivity index (χ0n) is 14.1. The summed E-state index contributed by atoms with van der Waals surface area (Å²) >= 11 is 0. The van der Waals surface area contributed by atoms with Crippen molar-refractivity contribution in [1.29, 1.82) is 0 Å². The van der Waals surface area contributed by atoms with Crippen molar-refractivity contribution >= 4 is 5.97 Å². The predicted octanol–water partition coefficient (Wildman–Crippen LogP) is -0.295. The number of nitrogens with one attached hydrogen (secondary N) is 2. The van der Waals surface area contributed by atoms with Crippen LogP contribution in [0.3, 0.4) is 0 Å². The summed E-state index contributed by atoms with van der Waals surface area (Å²) in [6.45, 7) is 4.49. The molecule has 3 aliphatic heterocycles. The number of ether oxygens (including phenoxy) is 2. The summed E-state index contributed by atoms with van der Waals surface area (Å²) in [5, 5.41) is 5.54. The molecule has 2 saturated heterocycles. The van der Waals surface area contributed by atoms with Crippen LogP contribution in [0.25, 0.3) is 0 Å². The first-order valence-corrected chi connectivity index (χ1v) is 8.53. The van der Waals surface area contributed by atoms with Gasteiger partial charge in [-0.1, -0.05) is 0 Å². The number of carbonyl (C=O) groups excluding carboxylic acids is 1. The molecule has 3 atom stereocenters. The number of likely N-dealkylation sites (N-methyl/N-ethyl adjacent to an activating group) is 1. The van der Waals surface area contributed by atoms with Gasteiger partial charge in [-0.05, 0) is 32.4 Å². The normalized spacial score (nSPS) is 32.7. The third-order valence-electron chi connectivity index (χ3n) is 4.94. The topological polar surface area (TPSA) is 66.1 Å². The molecule has 3 aliphatic rings. The maximum absolute atomic E-state index is 11.8. The maximum Gasteiger partial charge on any atom is 0.324 e. The lowest BCUT2D eigenvalue weighted by Crippen LogP contribution is -2.54. The highest BCUT2D eigenvalue weighted by molar-refractivity contribution is 5.75. The van der Waals surface area contributed by atoms with E-state index in [0.717, 1.165) is 52.0 Å². The van der Waals surface area contributed by atoms with Crippen LogP contribution in [-0.2, 0) is 14.3 Å². The van der Waals surface area contributed by atoms with Crippen LogP contribution < -0.4 is 10.7 Å². The predicted molar refractivity (Wildman–Crippen MR) is 86.6 cm³/mol. The molecular weight excluding hydrogens is 296 g/mol. The van der Waals surface area contributed by atoms with E-state index in [1.165, 1.54) is 12.8 Å². The number of rotatable bonds is 4. The van der Waals surface area contributed by atoms with Crippen LogP contribution >= 0.6 is 0 Å². The van der Waals surface area contributed by atoms with Gasteiger partial charge in [0.05, 0.1) is 25.9 Å². The Morgan fingerprint density at radius 2 is 2.39 bits per heavy atom. The highest BCUT2D eigenvalue weighted by atomic mass is 16.5. The van der Waals surface area contributed by atoms with Crippen molar-refractivity contribution in [1.82, 2.24) is 20.7 Å². The van der Waals surface area contributed by atoms with Crippen LogP contribution in [-0.4, -0.2) is 81.0 Å². The molecule has 7 nitrogen and oxygen atoms in total. The second-order valence-corrected chi connectivity index (χ2v) is 6.52. The lowest BCUT2D eigenvalue weighted by Gasteiger charge is -2.39. The summed E-state index contributed by atoms with van der Waals surface area (Å²) in [6, 6.07) is 0.0811. The van der Waals surface area contributed by atoms with Crippen molar-refractivity contribution in [2.45, 2.75) is 37.5 Å². The molecule has 0 aliphatic carbocycles. The summed E-state index contributed by atoms with van der Waals surface area (Å²) in [5.41, 5.74) is 4.60. The number of morpholine rings is 1. The number of hydrogen-bond acceptors (Lipinski definition) is 7. The number of hydrazine groups is 1. The van der Waals surface area contributed by atoms with Crippen molar-refractivity contribution < 1.29 is 14.3 Å². The van der Waals surface area contributed by atoms with Crippen molar-refractivity contribution in [3.8, 4) is 0 Å². The Kier molecular flexibility index (Phi) is 5.53. The first-order valence-electron chi connectivity index (χ1n) is 8.53. The SMILES string of the molecule is COC(=O)[C@@H]1CCCN(C2=CCN(C)C2C[C@H]2CNCCO2)N1. The lowest BCUT2D eigenvalue weighted by molar-refractivity contribution is -0.145.